The van der Waals surface area contributed by atoms with Crippen LogP contribution >= 0.6 is 35.8 Å². The molecule has 0 radical (unpaired) electrons. The molecule has 2 aliphatic rings. The Morgan fingerprint density at radius 1 is 1.41 bits per heavy atom. The lowest BCUT2D eigenvalue weighted by Gasteiger charge is -2.27. The van der Waals surface area contributed by atoms with Crippen LogP contribution in [0.25, 0.3) is 0 Å². The Morgan fingerprint density at radius 2 is 2.23 bits per heavy atom. The summed E-state index contributed by atoms with van der Waals surface area (Å²) in [6.07, 6.45) is 2.17. The number of ether oxygens (including phenoxy) is 1. The highest BCUT2D eigenvalue weighted by atomic mass is 35.5. The summed E-state index contributed by atoms with van der Waals surface area (Å²) in [5.41, 5.74) is 6.70. The van der Waals surface area contributed by atoms with Gasteiger partial charge in [-0.05, 0) is 43.0 Å². The molecule has 2 aliphatic heterocycles. The van der Waals surface area contributed by atoms with Crippen molar-refractivity contribution in [2.24, 2.45) is 5.73 Å². The molecule has 1 aromatic carbocycles. The molecule has 1 fully saturated rings. The number of amides is 1. The normalized spacial score (nSPS) is 26.9. The summed E-state index contributed by atoms with van der Waals surface area (Å²) in [7, 11) is 0. The number of fused-ring (bicyclic) bond motifs is 1. The fraction of sp³-hybridized carbons (Fsp3) is 0.533. The summed E-state index contributed by atoms with van der Waals surface area (Å²) >= 11 is 7.89. The van der Waals surface area contributed by atoms with E-state index in [4.69, 9.17) is 22.1 Å². The molecule has 3 atom stereocenters. The first-order valence-electron chi connectivity index (χ1n) is 7.25. The Hall–Kier alpha value is -0.460. The van der Waals surface area contributed by atoms with E-state index >= 15 is 0 Å². The lowest BCUT2D eigenvalue weighted by atomic mass is 10.0. The number of thioether (sulfide) groups is 1. The van der Waals surface area contributed by atoms with E-state index in [1.165, 1.54) is 4.90 Å². The largest absolute Gasteiger partial charge is 0.364 e. The van der Waals surface area contributed by atoms with Crippen molar-refractivity contribution >= 4 is 41.7 Å². The van der Waals surface area contributed by atoms with E-state index < -0.39 is 0 Å². The Morgan fingerprint density at radius 3 is 2.95 bits per heavy atom. The fourth-order valence-electron chi connectivity index (χ4n) is 2.85. The Kier molecular flexibility index (Phi) is 6.41. The highest BCUT2D eigenvalue weighted by Crippen LogP contribution is 2.37. The Bertz CT molecular complexity index is 544. The number of carbonyl (C=O) groups is 1. The minimum atomic E-state index is -0.365. The summed E-state index contributed by atoms with van der Waals surface area (Å²) in [6, 6.07) is 5.89. The number of carbonyl (C=O) groups excluding carboxylic acids is 1. The molecule has 0 bridgehead atoms. The van der Waals surface area contributed by atoms with E-state index in [0.717, 1.165) is 30.6 Å². The molecular weight excluding hydrogens is 343 g/mol. The fourth-order valence-corrected chi connectivity index (χ4v) is 4.14. The molecule has 1 unspecified atom stereocenters. The molecule has 122 valence electrons. The lowest BCUT2D eigenvalue weighted by Crippen LogP contribution is -2.38. The van der Waals surface area contributed by atoms with Gasteiger partial charge in [0.1, 0.15) is 6.10 Å². The van der Waals surface area contributed by atoms with Crippen molar-refractivity contribution in [3.05, 3.63) is 28.8 Å². The molecule has 1 aromatic rings. The number of hydrogen-bond donors (Lipinski definition) is 2. The minimum absolute atomic E-state index is 0. The topological polar surface area (TPSA) is 64.4 Å². The molecule has 2 heterocycles. The van der Waals surface area contributed by atoms with Crippen LogP contribution in [0.1, 0.15) is 30.9 Å². The molecule has 0 saturated carbocycles. The number of benzene rings is 1. The van der Waals surface area contributed by atoms with Crippen molar-refractivity contribution in [2.45, 2.75) is 42.4 Å². The van der Waals surface area contributed by atoms with Crippen LogP contribution < -0.4 is 11.1 Å². The molecule has 4 nitrogen and oxygen atoms in total. The van der Waals surface area contributed by atoms with Gasteiger partial charge in [0.05, 0.1) is 12.1 Å². The van der Waals surface area contributed by atoms with Crippen molar-refractivity contribution in [3.8, 4) is 0 Å². The summed E-state index contributed by atoms with van der Waals surface area (Å²) < 4.78 is 5.66. The van der Waals surface area contributed by atoms with Gasteiger partial charge < -0.3 is 15.8 Å². The quantitative estimate of drug-likeness (QED) is 0.867. The van der Waals surface area contributed by atoms with Gasteiger partial charge in [-0.1, -0.05) is 11.6 Å². The van der Waals surface area contributed by atoms with E-state index in [1.54, 1.807) is 11.8 Å². The number of nitrogens with one attached hydrogen (secondary N) is 1. The van der Waals surface area contributed by atoms with Crippen molar-refractivity contribution < 1.29 is 9.53 Å². The second-order valence-electron chi connectivity index (χ2n) is 5.44. The van der Waals surface area contributed by atoms with Crippen LogP contribution in [0.2, 0.25) is 5.02 Å². The Balaban J connectivity index is 0.00000176. The average molecular weight is 363 g/mol. The highest BCUT2D eigenvalue weighted by Gasteiger charge is 2.32. The molecule has 1 amide bonds. The van der Waals surface area contributed by atoms with Crippen LogP contribution in [0.3, 0.4) is 0 Å². The monoisotopic (exact) mass is 362 g/mol. The van der Waals surface area contributed by atoms with Crippen molar-refractivity contribution in [1.29, 1.82) is 0 Å². The molecule has 1 saturated heterocycles. The Labute approximate surface area is 145 Å². The van der Waals surface area contributed by atoms with Gasteiger partial charge in [0.15, 0.2) is 0 Å². The smallest absolute Gasteiger partial charge is 0.249 e. The van der Waals surface area contributed by atoms with Gasteiger partial charge in [-0.3, -0.25) is 4.79 Å². The maximum Gasteiger partial charge on any atom is 0.249 e. The number of nitrogens with two attached hydrogens (primary N) is 1. The van der Waals surface area contributed by atoms with E-state index in [0.29, 0.717) is 11.6 Å². The van der Waals surface area contributed by atoms with Crippen LogP contribution in [-0.2, 0) is 9.53 Å². The third-order valence-corrected chi connectivity index (χ3v) is 5.35. The summed E-state index contributed by atoms with van der Waals surface area (Å²) in [5.74, 6) is 0.963. The summed E-state index contributed by atoms with van der Waals surface area (Å²) in [5, 5.41) is 3.82. The second kappa shape index (κ2) is 7.88. The maximum absolute atomic E-state index is 12.4. The number of rotatable bonds is 3. The molecular formula is C15H20Cl2N2O2S. The standard InChI is InChI=1S/C15H19ClN2O2S.ClH/c16-9-1-4-14-11(7-9)12(5-6-21-14)18-15(19)13-3-2-10(8-17)20-13;/h1,4,7,10,12-13H,2-3,5-6,8,17H2,(H,18,19);1H/t10-,12?,13+;/m1./s1. The summed E-state index contributed by atoms with van der Waals surface area (Å²) in [6.45, 7) is 0.474. The van der Waals surface area contributed by atoms with Crippen molar-refractivity contribution in [3.63, 3.8) is 0 Å². The maximum atomic E-state index is 12.4. The van der Waals surface area contributed by atoms with Crippen LogP contribution in [-0.4, -0.2) is 30.4 Å². The minimum Gasteiger partial charge on any atom is -0.364 e. The highest BCUT2D eigenvalue weighted by molar-refractivity contribution is 7.99. The first-order valence-corrected chi connectivity index (χ1v) is 8.62. The zero-order valence-corrected chi connectivity index (χ0v) is 14.5. The van der Waals surface area contributed by atoms with Gasteiger partial charge in [-0.2, -0.15) is 0 Å². The van der Waals surface area contributed by atoms with Gasteiger partial charge in [0.25, 0.3) is 0 Å². The van der Waals surface area contributed by atoms with E-state index in [9.17, 15) is 4.79 Å². The van der Waals surface area contributed by atoms with E-state index in [1.807, 2.05) is 18.2 Å². The van der Waals surface area contributed by atoms with Gasteiger partial charge >= 0.3 is 0 Å². The molecule has 22 heavy (non-hydrogen) atoms. The van der Waals surface area contributed by atoms with Gasteiger partial charge in [0, 0.05) is 22.2 Å². The van der Waals surface area contributed by atoms with Crippen LogP contribution in [0.5, 0.6) is 0 Å². The number of halogens is 2. The van der Waals surface area contributed by atoms with Gasteiger partial charge in [-0.15, -0.1) is 24.2 Å². The third-order valence-electron chi connectivity index (χ3n) is 3.99. The predicted octanol–water partition coefficient (Wildman–Crippen LogP) is 2.92. The SMILES string of the molecule is Cl.NC[C@H]1CC[C@@H](C(=O)NC2CCSc3ccc(Cl)cc32)O1. The molecule has 3 rings (SSSR count). The number of hydrogen-bond acceptors (Lipinski definition) is 4. The average Bonchev–Trinajstić information content (AvgIpc) is 2.97. The second-order valence-corrected chi connectivity index (χ2v) is 7.01. The van der Waals surface area contributed by atoms with Crippen LogP contribution in [0, 0.1) is 0 Å². The zero-order valence-electron chi connectivity index (χ0n) is 12.1. The van der Waals surface area contributed by atoms with E-state index in [-0.39, 0.29) is 36.6 Å². The van der Waals surface area contributed by atoms with Crippen molar-refractivity contribution in [1.82, 2.24) is 5.32 Å². The lowest BCUT2D eigenvalue weighted by molar-refractivity contribution is -0.132. The third kappa shape index (κ3) is 3.89. The zero-order chi connectivity index (χ0) is 14.8. The molecule has 0 spiro atoms. The van der Waals surface area contributed by atoms with Gasteiger partial charge in [0.2, 0.25) is 5.91 Å². The molecule has 7 heteroatoms. The van der Waals surface area contributed by atoms with Crippen molar-refractivity contribution in [2.75, 3.05) is 12.3 Å². The molecule has 3 N–H and O–H groups in total. The van der Waals surface area contributed by atoms with Gasteiger partial charge in [-0.25, -0.2) is 0 Å². The van der Waals surface area contributed by atoms with Crippen LogP contribution in [0.15, 0.2) is 23.1 Å². The first kappa shape index (κ1) is 17.9. The predicted molar refractivity (Wildman–Crippen MR) is 91.9 cm³/mol. The van der Waals surface area contributed by atoms with Crippen LogP contribution in [0.4, 0.5) is 0 Å². The van der Waals surface area contributed by atoms with E-state index in [2.05, 4.69) is 5.32 Å². The first-order chi connectivity index (χ1) is 10.2. The molecule has 0 aromatic heterocycles. The summed E-state index contributed by atoms with van der Waals surface area (Å²) in [4.78, 5) is 13.6. The molecule has 0 aliphatic carbocycles.